The van der Waals surface area contributed by atoms with Gasteiger partial charge in [-0.1, -0.05) is 29.3 Å². The van der Waals surface area contributed by atoms with Gasteiger partial charge in [0, 0.05) is 6.26 Å². The summed E-state index contributed by atoms with van der Waals surface area (Å²) in [7, 11) is -3.30. The Labute approximate surface area is 145 Å². The minimum atomic E-state index is -3.30. The molecule has 0 saturated carbocycles. The molecule has 1 atom stereocenters. The van der Waals surface area contributed by atoms with Gasteiger partial charge >= 0.3 is 5.97 Å². The van der Waals surface area contributed by atoms with Crippen molar-refractivity contribution < 1.29 is 27.5 Å². The minimum absolute atomic E-state index is 0.117. The number of aliphatic carboxylic acids is 1. The summed E-state index contributed by atoms with van der Waals surface area (Å²) in [6.07, 6.45) is 1.05. The smallest absolute Gasteiger partial charge is 0.330 e. The Bertz CT molecular complexity index is 893. The van der Waals surface area contributed by atoms with E-state index in [9.17, 15) is 23.1 Å². The maximum absolute atomic E-state index is 12.3. The minimum Gasteiger partial charge on any atom is -0.479 e. The largest absolute Gasteiger partial charge is 0.479 e. The second-order valence-corrected chi connectivity index (χ2v) is 8.14. The molecular formula is C17H19NO6S. The molecule has 2 rings (SSSR count). The first kappa shape index (κ1) is 18.7. The molecule has 0 aliphatic heterocycles. The van der Waals surface area contributed by atoms with Gasteiger partial charge in [-0.3, -0.25) is 4.79 Å². The lowest BCUT2D eigenvalue weighted by Gasteiger charge is -2.15. The highest BCUT2D eigenvalue weighted by Crippen LogP contribution is 2.19. The molecule has 1 aromatic carbocycles. The van der Waals surface area contributed by atoms with Crippen LogP contribution in [-0.4, -0.2) is 31.7 Å². The summed E-state index contributed by atoms with van der Waals surface area (Å²) in [5, 5.41) is 11.8. The highest BCUT2D eigenvalue weighted by atomic mass is 32.2. The van der Waals surface area contributed by atoms with E-state index in [1.165, 1.54) is 12.1 Å². The van der Waals surface area contributed by atoms with Crippen LogP contribution in [0.25, 0.3) is 0 Å². The fourth-order valence-corrected chi connectivity index (χ4v) is 3.17. The lowest BCUT2D eigenvalue weighted by Crippen LogP contribution is -2.33. The van der Waals surface area contributed by atoms with Crippen molar-refractivity contribution in [2.45, 2.75) is 25.6 Å². The van der Waals surface area contributed by atoms with Crippen LogP contribution in [0.4, 0.5) is 0 Å². The zero-order valence-electron chi connectivity index (χ0n) is 14.1. The Morgan fingerprint density at radius 3 is 2.28 bits per heavy atom. The summed E-state index contributed by atoms with van der Waals surface area (Å²) < 4.78 is 27.7. The van der Waals surface area contributed by atoms with Gasteiger partial charge in [0.15, 0.2) is 21.6 Å². The molecule has 0 radical (unpaired) electrons. The maximum Gasteiger partial charge on any atom is 0.330 e. The van der Waals surface area contributed by atoms with Gasteiger partial charge < -0.3 is 14.8 Å². The van der Waals surface area contributed by atoms with E-state index in [1.807, 2.05) is 19.9 Å². The second-order valence-electron chi connectivity index (χ2n) is 6.00. The number of rotatable bonds is 6. The Hall–Kier alpha value is -2.61. The second kappa shape index (κ2) is 7.10. The number of carboxylic acid groups (broad SMARTS) is 1. The first-order valence-electron chi connectivity index (χ1n) is 7.43. The fraction of sp³-hybridized carbons (Fsp3) is 0.294. The molecule has 8 heteroatoms. The highest BCUT2D eigenvalue weighted by molar-refractivity contribution is 7.89. The normalized spacial score (nSPS) is 12.6. The zero-order chi connectivity index (χ0) is 18.8. The number of nitrogens with one attached hydrogen (secondary N) is 1. The molecule has 2 aromatic rings. The van der Waals surface area contributed by atoms with E-state index in [0.717, 1.165) is 17.4 Å². The Balaban J connectivity index is 2.22. The number of sulfone groups is 1. The van der Waals surface area contributed by atoms with E-state index in [-0.39, 0.29) is 17.3 Å². The van der Waals surface area contributed by atoms with Crippen molar-refractivity contribution in [3.8, 4) is 0 Å². The number of hydrogen-bond acceptors (Lipinski definition) is 5. The van der Waals surface area contributed by atoms with Crippen molar-refractivity contribution in [2.75, 3.05) is 6.26 Å². The summed E-state index contributed by atoms with van der Waals surface area (Å²) in [6, 6.07) is 6.72. The van der Waals surface area contributed by atoms with E-state index in [4.69, 9.17) is 4.42 Å². The van der Waals surface area contributed by atoms with Crippen LogP contribution in [0.3, 0.4) is 0 Å². The van der Waals surface area contributed by atoms with Crippen molar-refractivity contribution in [3.63, 3.8) is 0 Å². The number of furan rings is 1. The van der Waals surface area contributed by atoms with Crippen LogP contribution in [0.5, 0.6) is 0 Å². The van der Waals surface area contributed by atoms with Crippen LogP contribution >= 0.6 is 0 Å². The van der Waals surface area contributed by atoms with Crippen molar-refractivity contribution in [3.05, 3.63) is 58.5 Å². The number of hydrogen-bond donors (Lipinski definition) is 2. The zero-order valence-corrected chi connectivity index (χ0v) is 14.9. The van der Waals surface area contributed by atoms with E-state index >= 15 is 0 Å². The standard InChI is InChI=1S/C17H19NO6S/c1-10-6-11(2)8-12(7-10)15(17(20)21)18-16(19)14-5-4-13(24-14)9-25(3,22)23/h4-8,15H,9H2,1-3H3,(H,18,19)(H,20,21). The number of benzene rings is 1. The first-order chi connectivity index (χ1) is 11.5. The summed E-state index contributed by atoms with van der Waals surface area (Å²) in [4.78, 5) is 23.8. The van der Waals surface area contributed by atoms with E-state index in [1.54, 1.807) is 12.1 Å². The topological polar surface area (TPSA) is 114 Å². The Kier molecular flexibility index (Phi) is 5.32. The van der Waals surface area contributed by atoms with Crippen molar-refractivity contribution in [1.82, 2.24) is 5.32 Å². The fourth-order valence-electron chi connectivity index (χ4n) is 2.50. The van der Waals surface area contributed by atoms with Gasteiger partial charge in [-0.25, -0.2) is 13.2 Å². The van der Waals surface area contributed by atoms with Gasteiger partial charge in [-0.05, 0) is 31.5 Å². The molecule has 25 heavy (non-hydrogen) atoms. The molecule has 0 aliphatic rings. The summed E-state index contributed by atoms with van der Waals surface area (Å²) >= 11 is 0. The molecule has 0 spiro atoms. The van der Waals surface area contributed by atoms with Crippen LogP contribution in [0, 0.1) is 13.8 Å². The van der Waals surface area contributed by atoms with Crippen LogP contribution < -0.4 is 5.32 Å². The average Bonchev–Trinajstić information content (AvgIpc) is 2.89. The number of amides is 1. The predicted octanol–water partition coefficient (Wildman–Crippen LogP) is 2.00. The number of aryl methyl sites for hydroxylation is 2. The summed E-state index contributed by atoms with van der Waals surface area (Å²) in [5.41, 5.74) is 2.20. The Morgan fingerprint density at radius 1 is 1.16 bits per heavy atom. The molecule has 1 aromatic heterocycles. The molecule has 2 N–H and O–H groups in total. The third kappa shape index (κ3) is 5.18. The quantitative estimate of drug-likeness (QED) is 0.809. The first-order valence-corrected chi connectivity index (χ1v) is 9.49. The van der Waals surface area contributed by atoms with Crippen molar-refractivity contribution in [1.29, 1.82) is 0 Å². The lowest BCUT2D eigenvalue weighted by molar-refractivity contribution is -0.139. The summed E-state index contributed by atoms with van der Waals surface area (Å²) in [5.74, 6) is -2.30. The van der Waals surface area contributed by atoms with Crippen LogP contribution in [0.15, 0.2) is 34.7 Å². The monoisotopic (exact) mass is 365 g/mol. The van der Waals surface area contributed by atoms with Gasteiger partial charge in [0.1, 0.15) is 11.5 Å². The average molecular weight is 365 g/mol. The van der Waals surface area contributed by atoms with Gasteiger partial charge in [0.25, 0.3) is 5.91 Å². The summed E-state index contributed by atoms with van der Waals surface area (Å²) in [6.45, 7) is 3.67. The molecule has 0 fully saturated rings. The van der Waals surface area contributed by atoms with E-state index in [2.05, 4.69) is 5.32 Å². The Morgan fingerprint density at radius 2 is 1.76 bits per heavy atom. The van der Waals surface area contributed by atoms with Crippen LogP contribution in [-0.2, 0) is 20.4 Å². The van der Waals surface area contributed by atoms with Crippen molar-refractivity contribution in [2.24, 2.45) is 0 Å². The van der Waals surface area contributed by atoms with Gasteiger partial charge in [-0.2, -0.15) is 0 Å². The molecule has 0 saturated heterocycles. The molecule has 0 aliphatic carbocycles. The molecule has 1 amide bonds. The van der Waals surface area contributed by atoms with Crippen LogP contribution in [0.1, 0.15) is 39.0 Å². The SMILES string of the molecule is Cc1cc(C)cc(C(NC(=O)c2ccc(CS(C)(=O)=O)o2)C(=O)O)c1. The molecule has 7 nitrogen and oxygen atoms in total. The molecule has 1 unspecified atom stereocenters. The maximum atomic E-state index is 12.3. The number of carboxylic acids is 1. The van der Waals surface area contributed by atoms with Gasteiger partial charge in [0.2, 0.25) is 0 Å². The molecule has 0 bridgehead atoms. The lowest BCUT2D eigenvalue weighted by atomic mass is 10.0. The highest BCUT2D eigenvalue weighted by Gasteiger charge is 2.25. The van der Waals surface area contributed by atoms with Crippen LogP contribution in [0.2, 0.25) is 0 Å². The third-order valence-electron chi connectivity index (χ3n) is 3.39. The third-order valence-corrected chi connectivity index (χ3v) is 4.20. The number of carbonyl (C=O) groups is 2. The molecule has 1 heterocycles. The van der Waals surface area contributed by atoms with Gasteiger partial charge in [-0.15, -0.1) is 0 Å². The van der Waals surface area contributed by atoms with E-state index in [0.29, 0.717) is 5.56 Å². The molecule has 134 valence electrons. The predicted molar refractivity (Wildman–Crippen MR) is 91.0 cm³/mol. The van der Waals surface area contributed by atoms with E-state index < -0.39 is 27.8 Å². The molecular weight excluding hydrogens is 346 g/mol. The van der Waals surface area contributed by atoms with Crippen molar-refractivity contribution >= 4 is 21.7 Å². The number of carbonyl (C=O) groups excluding carboxylic acids is 1. The van der Waals surface area contributed by atoms with Gasteiger partial charge in [0.05, 0.1) is 0 Å².